The van der Waals surface area contributed by atoms with E-state index in [1.54, 1.807) is 11.4 Å². The highest BCUT2D eigenvalue weighted by molar-refractivity contribution is 8.45. The number of halogens is 5. The molecule has 1 amide bonds. The van der Waals surface area contributed by atoms with Gasteiger partial charge in [-0.15, -0.1) is 11.3 Å². The molecule has 10 heteroatoms. The summed E-state index contributed by atoms with van der Waals surface area (Å²) in [7, 11) is -9.63. The average molecular weight is 358 g/mol. The van der Waals surface area contributed by atoms with E-state index in [1.807, 2.05) is 0 Å². The van der Waals surface area contributed by atoms with Gasteiger partial charge in [-0.05, 0) is 30.3 Å². The van der Waals surface area contributed by atoms with E-state index in [9.17, 15) is 24.2 Å². The van der Waals surface area contributed by atoms with Gasteiger partial charge in [-0.1, -0.05) is 19.4 Å². The van der Waals surface area contributed by atoms with E-state index in [0.717, 1.165) is 17.0 Å². The summed E-state index contributed by atoms with van der Waals surface area (Å²) in [5, 5.41) is 4.33. The summed E-state index contributed by atoms with van der Waals surface area (Å²) in [5.74, 6) is -0.581. The van der Waals surface area contributed by atoms with Crippen molar-refractivity contribution in [2.45, 2.75) is 11.4 Å². The number of rotatable bonds is 5. The number of anilines is 1. The number of carbonyl (C=O) groups excluding carboxylic acids is 1. The Kier molecular flexibility index (Phi) is 3.46. The van der Waals surface area contributed by atoms with E-state index in [-0.39, 0.29) is 12.2 Å². The van der Waals surface area contributed by atoms with Crippen LogP contribution in [0.1, 0.15) is 15.2 Å². The summed E-state index contributed by atoms with van der Waals surface area (Å²) in [6.07, 6.45) is 0. The second kappa shape index (κ2) is 4.59. The highest BCUT2D eigenvalue weighted by Crippen LogP contribution is 3.02. The summed E-state index contributed by atoms with van der Waals surface area (Å²) in [5.41, 5.74) is 5.67. The molecule has 3 N–H and O–H groups in total. The molecule has 0 aliphatic rings. The number of nitrogens with two attached hydrogens (primary N) is 1. The number of hydrogen-bond donors (Lipinski definition) is 2. The topological polar surface area (TPSA) is 55.1 Å². The molecule has 0 fully saturated rings. The van der Waals surface area contributed by atoms with Gasteiger partial charge in [0.25, 0.3) is 0 Å². The predicted octanol–water partition coefficient (Wildman–Crippen LogP) is 5.12. The fraction of sp³-hybridized carbons (Fsp3) is 0.0833. The highest BCUT2D eigenvalue weighted by atomic mass is 32.5. The third-order valence-electron chi connectivity index (χ3n) is 2.70. The van der Waals surface area contributed by atoms with Crippen molar-refractivity contribution in [2.75, 3.05) is 5.32 Å². The molecule has 1 aromatic heterocycles. The van der Waals surface area contributed by atoms with Gasteiger partial charge < -0.3 is 11.1 Å². The smallest absolute Gasteiger partial charge is 0.310 e. The van der Waals surface area contributed by atoms with Crippen LogP contribution in [0.4, 0.5) is 25.1 Å². The summed E-state index contributed by atoms with van der Waals surface area (Å²) >= 11 is 1.25. The van der Waals surface area contributed by atoms with Crippen LogP contribution in [0.2, 0.25) is 0 Å². The molecule has 0 aliphatic carbocycles. The average Bonchev–Trinajstić information content (AvgIpc) is 2.83. The van der Waals surface area contributed by atoms with Gasteiger partial charge in [0.2, 0.25) is 5.91 Å². The standard InChI is InChI=1S/C12H11F5N2OS2/c13-22(14,15,16,17)11-3-1-9(2-4-11)19-6-10-5-8(7-21-10)12(18)20/h1-5,7,19H,6H2,(H2,18,20). The minimum absolute atomic E-state index is 0.230. The van der Waals surface area contributed by atoms with Crippen molar-refractivity contribution in [1.82, 2.24) is 0 Å². The van der Waals surface area contributed by atoms with Crippen LogP contribution in [0.15, 0.2) is 40.6 Å². The molecule has 0 spiro atoms. The Hall–Kier alpha value is -1.81. The molecule has 0 bridgehead atoms. The molecule has 3 nitrogen and oxygen atoms in total. The van der Waals surface area contributed by atoms with Crippen molar-refractivity contribution >= 4 is 33.2 Å². The van der Waals surface area contributed by atoms with Gasteiger partial charge in [-0.2, -0.15) is 0 Å². The van der Waals surface area contributed by atoms with E-state index in [2.05, 4.69) is 5.32 Å². The van der Waals surface area contributed by atoms with Crippen molar-refractivity contribution in [1.29, 1.82) is 0 Å². The maximum Gasteiger partial charge on any atom is 0.310 e. The lowest BCUT2D eigenvalue weighted by molar-refractivity contribution is 0.100. The zero-order valence-corrected chi connectivity index (χ0v) is 12.5. The number of nitrogens with one attached hydrogen (secondary N) is 1. The maximum absolute atomic E-state index is 12.5. The molecule has 2 rings (SSSR count). The lowest BCUT2D eigenvalue weighted by Crippen LogP contribution is -2.09. The number of thiophene rings is 1. The lowest BCUT2D eigenvalue weighted by atomic mass is 10.3. The first-order valence-electron chi connectivity index (χ1n) is 5.80. The quantitative estimate of drug-likeness (QED) is 0.729. The Morgan fingerprint density at radius 1 is 1.14 bits per heavy atom. The van der Waals surface area contributed by atoms with Gasteiger partial charge >= 0.3 is 10.2 Å². The van der Waals surface area contributed by atoms with Gasteiger partial charge in [-0.25, -0.2) is 0 Å². The highest BCUT2D eigenvalue weighted by Gasteiger charge is 2.65. The minimum Gasteiger partial charge on any atom is -0.380 e. The van der Waals surface area contributed by atoms with E-state index in [0.29, 0.717) is 17.7 Å². The van der Waals surface area contributed by atoms with Crippen molar-refractivity contribution in [3.63, 3.8) is 0 Å². The first-order valence-corrected chi connectivity index (χ1v) is 8.63. The zero-order valence-electron chi connectivity index (χ0n) is 10.9. The number of primary amides is 1. The van der Waals surface area contributed by atoms with Gasteiger partial charge in [-0.3, -0.25) is 4.79 Å². The Morgan fingerprint density at radius 2 is 1.73 bits per heavy atom. The predicted molar refractivity (Wildman–Crippen MR) is 78.0 cm³/mol. The molecule has 0 atom stereocenters. The van der Waals surface area contributed by atoms with Gasteiger partial charge in [0.05, 0.1) is 5.56 Å². The Labute approximate surface area is 126 Å². The first kappa shape index (κ1) is 16.6. The molecule has 122 valence electrons. The first-order chi connectivity index (χ1) is 9.85. The van der Waals surface area contributed by atoms with Crippen molar-refractivity contribution in [3.05, 3.63) is 46.2 Å². The maximum atomic E-state index is 12.5. The van der Waals surface area contributed by atoms with E-state index in [4.69, 9.17) is 5.73 Å². The van der Waals surface area contributed by atoms with Crippen molar-refractivity contribution in [3.8, 4) is 0 Å². The number of amides is 1. The minimum atomic E-state index is -9.63. The molecule has 0 unspecified atom stereocenters. The number of hydrogen-bond acceptors (Lipinski definition) is 3. The molecule has 22 heavy (non-hydrogen) atoms. The third kappa shape index (κ3) is 4.10. The van der Waals surface area contributed by atoms with Crippen molar-refractivity contribution in [2.24, 2.45) is 5.73 Å². The van der Waals surface area contributed by atoms with E-state index >= 15 is 0 Å². The molecule has 0 aliphatic heterocycles. The van der Waals surface area contributed by atoms with Gasteiger partial charge in [0.1, 0.15) is 4.90 Å². The Morgan fingerprint density at radius 3 is 2.18 bits per heavy atom. The summed E-state index contributed by atoms with van der Waals surface area (Å²) in [6.45, 7) is 0.230. The number of benzene rings is 1. The van der Waals surface area contributed by atoms with E-state index in [1.165, 1.54) is 11.3 Å². The molecular formula is C12H11F5N2OS2. The zero-order chi connectivity index (χ0) is 16.7. The van der Waals surface area contributed by atoms with Gasteiger partial charge in [0.15, 0.2) is 0 Å². The Bertz CT molecular complexity index is 709. The molecule has 2 aromatic rings. The van der Waals surface area contributed by atoms with Crippen LogP contribution in [-0.4, -0.2) is 5.91 Å². The molecular weight excluding hydrogens is 347 g/mol. The Balaban J connectivity index is 2.07. The largest absolute Gasteiger partial charge is 0.380 e. The van der Waals surface area contributed by atoms with Gasteiger partial charge in [0, 0.05) is 22.5 Å². The van der Waals surface area contributed by atoms with Crippen LogP contribution in [-0.2, 0) is 6.54 Å². The normalized spacial score (nSPS) is 15.0. The van der Waals surface area contributed by atoms with Crippen LogP contribution in [0.25, 0.3) is 0 Å². The summed E-state index contributed by atoms with van der Waals surface area (Å²) < 4.78 is 62.7. The molecule has 0 saturated carbocycles. The molecule has 0 radical (unpaired) electrons. The molecule has 1 aromatic carbocycles. The molecule has 1 heterocycles. The lowest BCUT2D eigenvalue weighted by Gasteiger charge is -2.40. The monoisotopic (exact) mass is 358 g/mol. The second-order valence-corrected chi connectivity index (χ2v) is 7.92. The van der Waals surface area contributed by atoms with Crippen LogP contribution >= 0.6 is 21.6 Å². The van der Waals surface area contributed by atoms with Crippen LogP contribution in [0.3, 0.4) is 0 Å². The van der Waals surface area contributed by atoms with Crippen LogP contribution in [0, 0.1) is 0 Å². The summed E-state index contributed by atoms with van der Waals surface area (Å²) in [6, 6.07) is 4.08. The SMILES string of the molecule is NC(=O)c1csc(CNc2ccc(S(F)(F)(F)(F)F)cc2)c1. The fourth-order valence-corrected chi connectivity index (χ4v) is 3.09. The fourth-order valence-electron chi connectivity index (χ4n) is 1.62. The second-order valence-electron chi connectivity index (χ2n) is 4.51. The number of carbonyl (C=O) groups is 1. The summed E-state index contributed by atoms with van der Waals surface area (Å²) in [4.78, 5) is 9.71. The molecule has 0 saturated heterocycles. The van der Waals surface area contributed by atoms with Crippen LogP contribution < -0.4 is 11.1 Å². The van der Waals surface area contributed by atoms with Crippen LogP contribution in [0.5, 0.6) is 0 Å². The third-order valence-corrected chi connectivity index (χ3v) is 4.80. The van der Waals surface area contributed by atoms with E-state index < -0.39 is 21.0 Å². The van der Waals surface area contributed by atoms with Crippen molar-refractivity contribution < 1.29 is 24.2 Å².